The minimum Gasteiger partial charge on any atom is -0.322 e. The van der Waals surface area contributed by atoms with Crippen LogP contribution in [0.2, 0.25) is 0 Å². The monoisotopic (exact) mass is 255 g/mol. The first-order valence-electron chi connectivity index (χ1n) is 5.72. The van der Waals surface area contributed by atoms with Gasteiger partial charge < -0.3 is 5.32 Å². The molecular formula is C14H10FN3O. The molecule has 0 aliphatic heterocycles. The molecule has 2 aromatic carbocycles. The zero-order valence-corrected chi connectivity index (χ0v) is 9.85. The van der Waals surface area contributed by atoms with E-state index in [-0.39, 0.29) is 11.7 Å². The first-order chi connectivity index (χ1) is 9.22. The Morgan fingerprint density at radius 2 is 1.95 bits per heavy atom. The maximum atomic E-state index is 12.8. The number of nitrogens with zero attached hydrogens (tertiary/aromatic N) is 1. The summed E-state index contributed by atoms with van der Waals surface area (Å²) >= 11 is 0. The summed E-state index contributed by atoms with van der Waals surface area (Å²) in [4.78, 5) is 11.9. The second kappa shape index (κ2) is 4.53. The van der Waals surface area contributed by atoms with Crippen molar-refractivity contribution in [2.75, 3.05) is 5.32 Å². The molecule has 4 nitrogen and oxygen atoms in total. The molecule has 0 aliphatic carbocycles. The molecule has 2 N–H and O–H groups in total. The molecule has 1 aromatic heterocycles. The lowest BCUT2D eigenvalue weighted by molar-refractivity contribution is 0.102. The number of fused-ring (bicyclic) bond motifs is 1. The van der Waals surface area contributed by atoms with Gasteiger partial charge >= 0.3 is 0 Å². The summed E-state index contributed by atoms with van der Waals surface area (Å²) in [6, 6.07) is 10.8. The highest BCUT2D eigenvalue weighted by Crippen LogP contribution is 2.17. The van der Waals surface area contributed by atoms with Crippen LogP contribution in [0.1, 0.15) is 10.4 Å². The van der Waals surface area contributed by atoms with Gasteiger partial charge in [0.2, 0.25) is 0 Å². The second-order valence-electron chi connectivity index (χ2n) is 4.13. The molecule has 3 rings (SSSR count). The predicted octanol–water partition coefficient (Wildman–Crippen LogP) is 2.95. The summed E-state index contributed by atoms with van der Waals surface area (Å²) in [5, 5.41) is 10.5. The van der Waals surface area contributed by atoms with E-state index in [2.05, 4.69) is 15.5 Å². The van der Waals surface area contributed by atoms with Crippen molar-refractivity contribution < 1.29 is 9.18 Å². The van der Waals surface area contributed by atoms with Gasteiger partial charge in [0.15, 0.2) is 0 Å². The Balaban J connectivity index is 1.83. The topological polar surface area (TPSA) is 57.8 Å². The first kappa shape index (κ1) is 11.4. The second-order valence-corrected chi connectivity index (χ2v) is 4.13. The fourth-order valence-corrected chi connectivity index (χ4v) is 1.82. The minimum absolute atomic E-state index is 0.279. The van der Waals surface area contributed by atoms with E-state index in [1.165, 1.54) is 24.3 Å². The maximum Gasteiger partial charge on any atom is 0.255 e. The molecule has 94 valence electrons. The highest BCUT2D eigenvalue weighted by molar-refractivity contribution is 6.05. The van der Waals surface area contributed by atoms with Crippen molar-refractivity contribution in [3.8, 4) is 0 Å². The highest BCUT2D eigenvalue weighted by Gasteiger charge is 2.06. The van der Waals surface area contributed by atoms with E-state index >= 15 is 0 Å². The number of carbonyl (C=O) groups is 1. The summed E-state index contributed by atoms with van der Waals surface area (Å²) in [5.74, 6) is -0.644. The van der Waals surface area contributed by atoms with Crippen LogP contribution >= 0.6 is 0 Å². The zero-order valence-electron chi connectivity index (χ0n) is 9.85. The molecule has 0 spiro atoms. The molecule has 0 aliphatic rings. The van der Waals surface area contributed by atoms with Crippen molar-refractivity contribution in [1.29, 1.82) is 0 Å². The van der Waals surface area contributed by atoms with E-state index in [9.17, 15) is 9.18 Å². The summed E-state index contributed by atoms with van der Waals surface area (Å²) in [6.07, 6.45) is 1.71. The summed E-state index contributed by atoms with van der Waals surface area (Å²) in [6.45, 7) is 0. The smallest absolute Gasteiger partial charge is 0.255 e. The van der Waals surface area contributed by atoms with E-state index in [1.54, 1.807) is 18.3 Å². The van der Waals surface area contributed by atoms with Gasteiger partial charge in [-0.1, -0.05) is 0 Å². The molecule has 5 heteroatoms. The normalized spacial score (nSPS) is 10.6. The van der Waals surface area contributed by atoms with Crippen LogP contribution in [0.25, 0.3) is 10.9 Å². The number of anilines is 1. The van der Waals surface area contributed by atoms with Gasteiger partial charge in [-0.2, -0.15) is 5.10 Å². The van der Waals surface area contributed by atoms with Gasteiger partial charge in [0.1, 0.15) is 5.82 Å². The number of benzene rings is 2. The standard InChI is InChI=1S/C14H10FN3O/c15-11-4-1-9(2-5-11)14(19)17-12-6-3-10-8-16-18-13(10)7-12/h1-8H,(H,16,18)(H,17,19). The minimum atomic E-state index is -0.365. The Labute approximate surface area is 108 Å². The predicted molar refractivity (Wildman–Crippen MR) is 70.4 cm³/mol. The van der Waals surface area contributed by atoms with E-state index in [1.807, 2.05) is 6.07 Å². The van der Waals surface area contributed by atoms with Crippen molar-refractivity contribution in [2.24, 2.45) is 0 Å². The van der Waals surface area contributed by atoms with Gasteiger partial charge in [-0.25, -0.2) is 4.39 Å². The number of hydrogen-bond donors (Lipinski definition) is 2. The highest BCUT2D eigenvalue weighted by atomic mass is 19.1. The quantitative estimate of drug-likeness (QED) is 0.739. The lowest BCUT2D eigenvalue weighted by atomic mass is 10.2. The Morgan fingerprint density at radius 3 is 2.74 bits per heavy atom. The van der Waals surface area contributed by atoms with Crippen LogP contribution in [0.5, 0.6) is 0 Å². The number of carbonyl (C=O) groups excluding carboxylic acids is 1. The van der Waals surface area contributed by atoms with Crippen LogP contribution < -0.4 is 5.32 Å². The van der Waals surface area contributed by atoms with Crippen molar-refractivity contribution in [3.63, 3.8) is 0 Å². The fraction of sp³-hybridized carbons (Fsp3) is 0. The van der Waals surface area contributed by atoms with Gasteiger partial charge in [-0.3, -0.25) is 9.89 Å². The molecule has 0 saturated carbocycles. The lowest BCUT2D eigenvalue weighted by Crippen LogP contribution is -2.11. The van der Waals surface area contributed by atoms with Crippen LogP contribution in [0.15, 0.2) is 48.7 Å². The number of halogens is 1. The molecule has 0 atom stereocenters. The SMILES string of the molecule is O=C(Nc1ccc2cn[nH]c2c1)c1ccc(F)cc1. The summed E-state index contributed by atoms with van der Waals surface area (Å²) in [5.41, 5.74) is 1.91. The number of aromatic nitrogens is 2. The van der Waals surface area contributed by atoms with Crippen LogP contribution in [-0.4, -0.2) is 16.1 Å². The lowest BCUT2D eigenvalue weighted by Gasteiger charge is -2.05. The molecule has 0 bridgehead atoms. The Hall–Kier alpha value is -2.69. The average Bonchev–Trinajstić information content (AvgIpc) is 2.87. The molecular weight excluding hydrogens is 245 g/mol. The Morgan fingerprint density at radius 1 is 1.16 bits per heavy atom. The Bertz CT molecular complexity index is 734. The molecule has 0 unspecified atom stereocenters. The third-order valence-electron chi connectivity index (χ3n) is 2.81. The third kappa shape index (κ3) is 2.30. The van der Waals surface area contributed by atoms with E-state index < -0.39 is 0 Å². The third-order valence-corrected chi connectivity index (χ3v) is 2.81. The molecule has 3 aromatic rings. The van der Waals surface area contributed by atoms with Gasteiger partial charge in [0.05, 0.1) is 11.7 Å². The van der Waals surface area contributed by atoms with Gasteiger partial charge in [0.25, 0.3) is 5.91 Å². The average molecular weight is 255 g/mol. The van der Waals surface area contributed by atoms with Crippen LogP contribution in [-0.2, 0) is 0 Å². The number of aromatic amines is 1. The van der Waals surface area contributed by atoms with Crippen molar-refractivity contribution in [1.82, 2.24) is 10.2 Å². The number of hydrogen-bond acceptors (Lipinski definition) is 2. The van der Waals surface area contributed by atoms with Gasteiger partial charge in [0, 0.05) is 16.6 Å². The molecule has 0 radical (unpaired) electrons. The van der Waals surface area contributed by atoms with Gasteiger partial charge in [-0.15, -0.1) is 0 Å². The van der Waals surface area contributed by atoms with Crippen LogP contribution in [0.4, 0.5) is 10.1 Å². The molecule has 0 fully saturated rings. The summed E-state index contributed by atoms with van der Waals surface area (Å²) in [7, 11) is 0. The van der Waals surface area contributed by atoms with Crippen LogP contribution in [0.3, 0.4) is 0 Å². The van der Waals surface area contributed by atoms with Gasteiger partial charge in [-0.05, 0) is 42.5 Å². The molecule has 19 heavy (non-hydrogen) atoms. The van der Waals surface area contributed by atoms with E-state index in [0.717, 1.165) is 10.9 Å². The first-order valence-corrected chi connectivity index (χ1v) is 5.72. The van der Waals surface area contributed by atoms with Crippen molar-refractivity contribution in [3.05, 3.63) is 60.0 Å². The van der Waals surface area contributed by atoms with E-state index in [4.69, 9.17) is 0 Å². The molecule has 1 heterocycles. The number of nitrogens with one attached hydrogen (secondary N) is 2. The fourth-order valence-electron chi connectivity index (χ4n) is 1.82. The number of rotatable bonds is 2. The molecule has 1 amide bonds. The number of amides is 1. The van der Waals surface area contributed by atoms with Crippen LogP contribution in [0, 0.1) is 5.82 Å². The largest absolute Gasteiger partial charge is 0.322 e. The number of H-pyrrole nitrogens is 1. The Kier molecular flexibility index (Phi) is 2.72. The molecule has 0 saturated heterocycles. The van der Waals surface area contributed by atoms with E-state index in [0.29, 0.717) is 11.3 Å². The maximum absolute atomic E-state index is 12.8. The summed E-state index contributed by atoms with van der Waals surface area (Å²) < 4.78 is 12.8. The zero-order chi connectivity index (χ0) is 13.2. The van der Waals surface area contributed by atoms with Crippen molar-refractivity contribution >= 4 is 22.5 Å². The van der Waals surface area contributed by atoms with Crippen molar-refractivity contribution in [2.45, 2.75) is 0 Å².